The molecule has 2 N–H and O–H groups in total. The van der Waals surface area contributed by atoms with E-state index in [4.69, 9.17) is 10.5 Å². The van der Waals surface area contributed by atoms with Crippen LogP contribution in [0.4, 0.5) is 0 Å². The lowest BCUT2D eigenvalue weighted by molar-refractivity contribution is 0.0227. The Morgan fingerprint density at radius 1 is 1.44 bits per heavy atom. The first-order valence-corrected chi connectivity index (χ1v) is 6.20. The van der Waals surface area contributed by atoms with Gasteiger partial charge in [-0.3, -0.25) is 0 Å². The molecule has 0 saturated heterocycles. The lowest BCUT2D eigenvalue weighted by Gasteiger charge is -2.26. The van der Waals surface area contributed by atoms with Crippen LogP contribution in [0.3, 0.4) is 0 Å². The van der Waals surface area contributed by atoms with Gasteiger partial charge in [0.2, 0.25) is 0 Å². The van der Waals surface area contributed by atoms with Crippen LogP contribution in [0.25, 0.3) is 0 Å². The molecule has 0 radical (unpaired) electrons. The molecular formula is C14H21NO. The van der Waals surface area contributed by atoms with Crippen LogP contribution >= 0.6 is 0 Å². The first kappa shape index (κ1) is 11.6. The Balaban J connectivity index is 2.01. The molecule has 0 spiro atoms. The smallest absolute Gasteiger partial charge is 0.0827 e. The summed E-state index contributed by atoms with van der Waals surface area (Å²) < 4.78 is 5.98. The maximum Gasteiger partial charge on any atom is 0.0827 e. The molecule has 1 aromatic carbocycles. The lowest BCUT2D eigenvalue weighted by Crippen LogP contribution is -2.20. The van der Waals surface area contributed by atoms with E-state index in [1.54, 1.807) is 0 Å². The van der Waals surface area contributed by atoms with Crippen molar-refractivity contribution < 1.29 is 4.74 Å². The molecule has 0 heterocycles. The molecule has 0 amide bonds. The van der Waals surface area contributed by atoms with Gasteiger partial charge in [0.05, 0.1) is 12.7 Å². The molecule has 2 rings (SSSR count). The Hall–Kier alpha value is -0.860. The molecular weight excluding hydrogens is 198 g/mol. The zero-order chi connectivity index (χ0) is 11.4. The van der Waals surface area contributed by atoms with E-state index in [1.807, 2.05) is 0 Å². The van der Waals surface area contributed by atoms with Crippen LogP contribution in [0.2, 0.25) is 0 Å². The number of fused-ring (bicyclic) bond motifs is 1. The highest BCUT2D eigenvalue weighted by Gasteiger charge is 2.20. The van der Waals surface area contributed by atoms with E-state index in [9.17, 15) is 0 Å². The number of rotatable bonds is 4. The average molecular weight is 219 g/mol. The molecule has 2 atom stereocenters. The minimum Gasteiger partial charge on any atom is -0.373 e. The number of ether oxygens (including phenoxy) is 1. The molecule has 1 aliphatic carbocycles. The molecule has 1 aliphatic rings. The van der Waals surface area contributed by atoms with Crippen molar-refractivity contribution in [3.63, 3.8) is 0 Å². The number of hydrogen-bond acceptors (Lipinski definition) is 2. The average Bonchev–Trinajstić information content (AvgIpc) is 2.35. The summed E-state index contributed by atoms with van der Waals surface area (Å²) in [6, 6.07) is 8.64. The number of hydrogen-bond donors (Lipinski definition) is 1. The van der Waals surface area contributed by atoms with E-state index in [1.165, 1.54) is 24.0 Å². The normalized spacial score (nSPS) is 21.5. The fraction of sp³-hybridized carbons (Fsp3) is 0.571. The van der Waals surface area contributed by atoms with E-state index in [0.29, 0.717) is 18.6 Å². The molecule has 2 nitrogen and oxygen atoms in total. The second-order valence-electron chi connectivity index (χ2n) is 4.75. The highest BCUT2D eigenvalue weighted by molar-refractivity contribution is 5.31. The summed E-state index contributed by atoms with van der Waals surface area (Å²) in [6.45, 7) is 3.61. The van der Waals surface area contributed by atoms with Gasteiger partial charge < -0.3 is 10.5 Å². The van der Waals surface area contributed by atoms with Crippen molar-refractivity contribution in [2.24, 2.45) is 11.7 Å². The number of nitrogens with two attached hydrogens (primary N) is 1. The molecule has 88 valence electrons. The minimum absolute atomic E-state index is 0.291. The number of benzene rings is 1. The first-order valence-electron chi connectivity index (χ1n) is 6.20. The van der Waals surface area contributed by atoms with Gasteiger partial charge in [0.15, 0.2) is 0 Å². The molecule has 2 heteroatoms. The van der Waals surface area contributed by atoms with Gasteiger partial charge in [-0.1, -0.05) is 31.2 Å². The van der Waals surface area contributed by atoms with Gasteiger partial charge in [-0.15, -0.1) is 0 Å². The Morgan fingerprint density at radius 3 is 3.06 bits per heavy atom. The summed E-state index contributed by atoms with van der Waals surface area (Å²) in [6.07, 6.45) is 3.87. The summed E-state index contributed by atoms with van der Waals surface area (Å²) in [5.74, 6) is 0.453. The van der Waals surface area contributed by atoms with E-state index in [2.05, 4.69) is 31.2 Å². The van der Waals surface area contributed by atoms with Gasteiger partial charge in [-0.25, -0.2) is 0 Å². The summed E-state index contributed by atoms with van der Waals surface area (Å²) in [7, 11) is 0. The third kappa shape index (κ3) is 2.63. The highest BCUT2D eigenvalue weighted by atomic mass is 16.5. The van der Waals surface area contributed by atoms with E-state index >= 15 is 0 Å². The second-order valence-corrected chi connectivity index (χ2v) is 4.75. The zero-order valence-corrected chi connectivity index (χ0v) is 9.99. The van der Waals surface area contributed by atoms with E-state index in [-0.39, 0.29) is 0 Å². The SMILES string of the molecule is CC(CN)COC1CCCc2ccccc21. The first-order chi connectivity index (χ1) is 7.81. The van der Waals surface area contributed by atoms with Crippen LogP contribution < -0.4 is 5.73 Å². The highest BCUT2D eigenvalue weighted by Crippen LogP contribution is 2.32. The van der Waals surface area contributed by atoms with Crippen molar-refractivity contribution in [2.75, 3.05) is 13.2 Å². The lowest BCUT2D eigenvalue weighted by atomic mass is 9.89. The Morgan fingerprint density at radius 2 is 2.25 bits per heavy atom. The largest absolute Gasteiger partial charge is 0.373 e. The van der Waals surface area contributed by atoms with Crippen molar-refractivity contribution in [1.29, 1.82) is 0 Å². The van der Waals surface area contributed by atoms with Crippen molar-refractivity contribution in [3.05, 3.63) is 35.4 Å². The van der Waals surface area contributed by atoms with E-state index in [0.717, 1.165) is 13.0 Å². The van der Waals surface area contributed by atoms with Crippen molar-refractivity contribution >= 4 is 0 Å². The van der Waals surface area contributed by atoms with Gasteiger partial charge in [0, 0.05) is 0 Å². The maximum atomic E-state index is 5.98. The third-order valence-electron chi connectivity index (χ3n) is 3.30. The minimum atomic E-state index is 0.291. The zero-order valence-electron chi connectivity index (χ0n) is 9.99. The van der Waals surface area contributed by atoms with Gasteiger partial charge in [-0.2, -0.15) is 0 Å². The third-order valence-corrected chi connectivity index (χ3v) is 3.30. The van der Waals surface area contributed by atoms with Crippen molar-refractivity contribution in [2.45, 2.75) is 32.3 Å². The monoisotopic (exact) mass is 219 g/mol. The standard InChI is InChI=1S/C14H21NO/c1-11(9-15)10-16-14-8-4-6-12-5-2-3-7-13(12)14/h2-3,5,7,11,14H,4,6,8-10,15H2,1H3. The van der Waals surface area contributed by atoms with Crippen LogP contribution in [-0.2, 0) is 11.2 Å². The molecule has 0 aliphatic heterocycles. The Labute approximate surface area is 97.8 Å². The summed E-state index contributed by atoms with van der Waals surface area (Å²) in [5.41, 5.74) is 8.45. The van der Waals surface area contributed by atoms with Crippen molar-refractivity contribution in [3.8, 4) is 0 Å². The maximum absolute atomic E-state index is 5.98. The fourth-order valence-corrected chi connectivity index (χ4v) is 2.23. The van der Waals surface area contributed by atoms with Crippen LogP contribution in [0.15, 0.2) is 24.3 Å². The van der Waals surface area contributed by atoms with Gasteiger partial charge in [0.25, 0.3) is 0 Å². The predicted molar refractivity (Wildman–Crippen MR) is 66.3 cm³/mol. The van der Waals surface area contributed by atoms with Gasteiger partial charge in [-0.05, 0) is 42.9 Å². The summed E-state index contributed by atoms with van der Waals surface area (Å²) >= 11 is 0. The summed E-state index contributed by atoms with van der Waals surface area (Å²) in [4.78, 5) is 0. The molecule has 0 fully saturated rings. The second kappa shape index (κ2) is 5.46. The Kier molecular flexibility index (Phi) is 3.97. The van der Waals surface area contributed by atoms with Crippen LogP contribution in [-0.4, -0.2) is 13.2 Å². The summed E-state index contributed by atoms with van der Waals surface area (Å²) in [5, 5.41) is 0. The van der Waals surface area contributed by atoms with Crippen molar-refractivity contribution in [1.82, 2.24) is 0 Å². The molecule has 0 bridgehead atoms. The topological polar surface area (TPSA) is 35.2 Å². The molecule has 2 unspecified atom stereocenters. The molecule has 1 aromatic rings. The fourth-order valence-electron chi connectivity index (χ4n) is 2.23. The molecule has 0 saturated carbocycles. The van der Waals surface area contributed by atoms with Gasteiger partial charge in [0.1, 0.15) is 0 Å². The van der Waals surface area contributed by atoms with Crippen LogP contribution in [0.1, 0.15) is 37.0 Å². The van der Waals surface area contributed by atoms with E-state index < -0.39 is 0 Å². The van der Waals surface area contributed by atoms with Crippen LogP contribution in [0.5, 0.6) is 0 Å². The van der Waals surface area contributed by atoms with Gasteiger partial charge >= 0.3 is 0 Å². The molecule has 16 heavy (non-hydrogen) atoms. The molecule has 0 aromatic heterocycles. The predicted octanol–water partition coefficient (Wildman–Crippen LogP) is 2.68. The number of aryl methyl sites for hydroxylation is 1. The Bertz CT molecular complexity index is 337. The quantitative estimate of drug-likeness (QED) is 0.845. The van der Waals surface area contributed by atoms with Crippen LogP contribution in [0, 0.1) is 5.92 Å².